The van der Waals surface area contributed by atoms with Crippen molar-refractivity contribution >= 4 is 0 Å². The van der Waals surface area contributed by atoms with E-state index in [9.17, 15) is 0 Å². The maximum atomic E-state index is 4.36. The summed E-state index contributed by atoms with van der Waals surface area (Å²) >= 11 is 0. The Hall–Kier alpha value is -0.830. The number of hydrogen-bond donors (Lipinski definition) is 1. The Bertz CT molecular complexity index is 314. The summed E-state index contributed by atoms with van der Waals surface area (Å²) in [4.78, 5) is 0. The van der Waals surface area contributed by atoms with Gasteiger partial charge in [-0.15, -0.1) is 0 Å². The molecular formula is C12H21N3. The van der Waals surface area contributed by atoms with Crippen LogP contribution in [0, 0.1) is 12.8 Å². The van der Waals surface area contributed by atoms with Crippen molar-refractivity contribution in [3.63, 3.8) is 0 Å². The summed E-state index contributed by atoms with van der Waals surface area (Å²) in [5.41, 5.74) is 1.23. The van der Waals surface area contributed by atoms with Crippen molar-refractivity contribution in [2.75, 3.05) is 6.54 Å². The van der Waals surface area contributed by atoms with Gasteiger partial charge in [-0.25, -0.2) is 0 Å². The van der Waals surface area contributed by atoms with Crippen LogP contribution >= 0.6 is 0 Å². The van der Waals surface area contributed by atoms with E-state index in [2.05, 4.69) is 42.1 Å². The summed E-state index contributed by atoms with van der Waals surface area (Å²) in [5.74, 6) is 0.944. The minimum atomic E-state index is 0.428. The van der Waals surface area contributed by atoms with Crippen LogP contribution in [0.5, 0.6) is 0 Å². The van der Waals surface area contributed by atoms with Crippen molar-refractivity contribution in [2.45, 2.75) is 45.7 Å². The Morgan fingerprint density at radius 1 is 1.53 bits per heavy atom. The van der Waals surface area contributed by atoms with E-state index in [1.807, 2.05) is 6.20 Å². The lowest BCUT2D eigenvalue weighted by Gasteiger charge is -2.21. The van der Waals surface area contributed by atoms with Crippen molar-refractivity contribution in [2.24, 2.45) is 5.92 Å². The van der Waals surface area contributed by atoms with Gasteiger partial charge in [-0.2, -0.15) is 5.10 Å². The van der Waals surface area contributed by atoms with Gasteiger partial charge in [0.25, 0.3) is 0 Å². The quantitative estimate of drug-likeness (QED) is 0.801. The van der Waals surface area contributed by atoms with Gasteiger partial charge in [0.05, 0.1) is 12.2 Å². The SMILES string of the molecule is Cc1cnn(C(C)C(C)NCC2CC2)c1. The predicted octanol–water partition coefficient (Wildman–Crippen LogP) is 2.14. The molecule has 0 bridgehead atoms. The van der Waals surface area contributed by atoms with Gasteiger partial charge in [0, 0.05) is 12.2 Å². The van der Waals surface area contributed by atoms with Crippen LogP contribution in [-0.2, 0) is 0 Å². The first-order valence-electron chi connectivity index (χ1n) is 5.91. The van der Waals surface area contributed by atoms with Crippen molar-refractivity contribution in [3.05, 3.63) is 18.0 Å². The molecule has 2 atom stereocenters. The minimum Gasteiger partial charge on any atom is -0.312 e. The molecule has 2 unspecified atom stereocenters. The summed E-state index contributed by atoms with van der Waals surface area (Å²) in [6, 6.07) is 0.919. The standard InChI is InChI=1S/C12H21N3/c1-9-6-14-15(8-9)11(3)10(2)13-7-12-4-5-12/h6,8,10-13H,4-5,7H2,1-3H3. The average Bonchev–Trinajstić information content (AvgIpc) is 2.95. The molecule has 3 nitrogen and oxygen atoms in total. The first-order chi connectivity index (χ1) is 7.16. The Balaban J connectivity index is 1.85. The summed E-state index contributed by atoms with van der Waals surface area (Å²) in [5, 5.41) is 7.95. The van der Waals surface area contributed by atoms with E-state index in [0.29, 0.717) is 12.1 Å². The average molecular weight is 207 g/mol. The van der Waals surface area contributed by atoms with E-state index in [1.165, 1.54) is 24.9 Å². The highest BCUT2D eigenvalue weighted by atomic mass is 15.3. The van der Waals surface area contributed by atoms with Crippen LogP contribution in [0.2, 0.25) is 0 Å². The van der Waals surface area contributed by atoms with Gasteiger partial charge < -0.3 is 5.32 Å². The van der Waals surface area contributed by atoms with E-state index in [1.54, 1.807) is 0 Å². The highest BCUT2D eigenvalue weighted by Crippen LogP contribution is 2.28. The zero-order chi connectivity index (χ0) is 10.8. The molecule has 1 N–H and O–H groups in total. The fraction of sp³-hybridized carbons (Fsp3) is 0.750. The molecule has 0 amide bonds. The summed E-state index contributed by atoms with van der Waals surface area (Å²) in [6.07, 6.45) is 6.86. The molecule has 1 aromatic heterocycles. The lowest BCUT2D eigenvalue weighted by Crippen LogP contribution is -2.35. The fourth-order valence-corrected chi connectivity index (χ4v) is 1.73. The molecule has 15 heavy (non-hydrogen) atoms. The number of aryl methyl sites for hydroxylation is 1. The van der Waals surface area contributed by atoms with E-state index < -0.39 is 0 Å². The zero-order valence-electron chi connectivity index (χ0n) is 9.90. The number of hydrogen-bond acceptors (Lipinski definition) is 2. The Labute approximate surface area is 91.9 Å². The maximum absolute atomic E-state index is 4.36. The molecule has 1 aliphatic rings. The second-order valence-electron chi connectivity index (χ2n) is 4.88. The van der Waals surface area contributed by atoms with Crippen LogP contribution in [0.3, 0.4) is 0 Å². The molecule has 0 radical (unpaired) electrons. The summed E-state index contributed by atoms with van der Waals surface area (Å²) < 4.78 is 2.06. The monoisotopic (exact) mass is 207 g/mol. The van der Waals surface area contributed by atoms with Crippen molar-refractivity contribution in [3.8, 4) is 0 Å². The van der Waals surface area contributed by atoms with Crippen LogP contribution in [0.1, 0.15) is 38.3 Å². The van der Waals surface area contributed by atoms with E-state index >= 15 is 0 Å². The topological polar surface area (TPSA) is 29.9 Å². The third kappa shape index (κ3) is 2.81. The molecule has 0 spiro atoms. The fourth-order valence-electron chi connectivity index (χ4n) is 1.73. The molecule has 1 aliphatic carbocycles. The molecule has 84 valence electrons. The van der Waals surface area contributed by atoms with Crippen molar-refractivity contribution in [1.29, 1.82) is 0 Å². The molecule has 1 aromatic rings. The largest absolute Gasteiger partial charge is 0.312 e. The Morgan fingerprint density at radius 2 is 2.27 bits per heavy atom. The minimum absolute atomic E-state index is 0.428. The van der Waals surface area contributed by atoms with Crippen LogP contribution in [-0.4, -0.2) is 22.4 Å². The van der Waals surface area contributed by atoms with Gasteiger partial charge in [0.1, 0.15) is 0 Å². The predicted molar refractivity (Wildman–Crippen MR) is 61.9 cm³/mol. The number of aromatic nitrogens is 2. The van der Waals surface area contributed by atoms with Crippen molar-refractivity contribution in [1.82, 2.24) is 15.1 Å². The first kappa shape index (κ1) is 10.7. The van der Waals surface area contributed by atoms with Gasteiger partial charge in [-0.05, 0) is 51.6 Å². The van der Waals surface area contributed by atoms with Gasteiger partial charge in [0.2, 0.25) is 0 Å². The lowest BCUT2D eigenvalue weighted by molar-refractivity contribution is 0.362. The summed E-state index contributed by atoms with van der Waals surface area (Å²) in [6.45, 7) is 7.71. The van der Waals surface area contributed by atoms with Gasteiger partial charge in [-0.3, -0.25) is 4.68 Å². The second kappa shape index (κ2) is 4.35. The molecule has 1 fully saturated rings. The second-order valence-corrected chi connectivity index (χ2v) is 4.88. The Kier molecular flexibility index (Phi) is 3.10. The van der Waals surface area contributed by atoms with Crippen LogP contribution in [0.25, 0.3) is 0 Å². The molecular weight excluding hydrogens is 186 g/mol. The van der Waals surface area contributed by atoms with E-state index in [4.69, 9.17) is 0 Å². The van der Waals surface area contributed by atoms with Gasteiger partial charge in [-0.1, -0.05) is 0 Å². The lowest BCUT2D eigenvalue weighted by atomic mass is 10.1. The third-order valence-electron chi connectivity index (χ3n) is 3.30. The molecule has 0 saturated heterocycles. The highest BCUT2D eigenvalue weighted by Gasteiger charge is 2.23. The first-order valence-corrected chi connectivity index (χ1v) is 5.91. The molecule has 2 rings (SSSR count). The number of rotatable bonds is 5. The normalized spacial score (nSPS) is 20.2. The number of nitrogens with one attached hydrogen (secondary N) is 1. The highest BCUT2D eigenvalue weighted by molar-refractivity contribution is 5.00. The number of nitrogens with zero attached hydrogens (tertiary/aromatic N) is 2. The van der Waals surface area contributed by atoms with Crippen LogP contribution in [0.4, 0.5) is 0 Å². The maximum Gasteiger partial charge on any atom is 0.0641 e. The van der Waals surface area contributed by atoms with Crippen molar-refractivity contribution < 1.29 is 0 Å². The van der Waals surface area contributed by atoms with Gasteiger partial charge >= 0.3 is 0 Å². The molecule has 0 aliphatic heterocycles. The van der Waals surface area contributed by atoms with Crippen LogP contribution < -0.4 is 5.32 Å². The van der Waals surface area contributed by atoms with E-state index in [-0.39, 0.29) is 0 Å². The molecule has 0 aromatic carbocycles. The molecule has 1 heterocycles. The smallest absolute Gasteiger partial charge is 0.0641 e. The molecule has 3 heteroatoms. The third-order valence-corrected chi connectivity index (χ3v) is 3.30. The van der Waals surface area contributed by atoms with Crippen LogP contribution in [0.15, 0.2) is 12.4 Å². The van der Waals surface area contributed by atoms with Gasteiger partial charge in [0.15, 0.2) is 0 Å². The Morgan fingerprint density at radius 3 is 2.80 bits per heavy atom. The summed E-state index contributed by atoms with van der Waals surface area (Å²) in [7, 11) is 0. The zero-order valence-corrected chi connectivity index (χ0v) is 9.90. The molecule has 1 saturated carbocycles. The van der Waals surface area contributed by atoms with E-state index in [0.717, 1.165) is 5.92 Å².